The van der Waals surface area contributed by atoms with Crippen molar-refractivity contribution in [2.45, 2.75) is 15.9 Å². The van der Waals surface area contributed by atoms with Crippen molar-refractivity contribution in [1.82, 2.24) is 17.9 Å². The van der Waals surface area contributed by atoms with Crippen molar-refractivity contribution in [2.24, 2.45) is 0 Å². The fourth-order valence-corrected chi connectivity index (χ4v) is 7.53. The maximum Gasteiger partial charge on any atom is 0.269 e. The van der Waals surface area contributed by atoms with E-state index >= 15 is 0 Å². The minimum atomic E-state index is -4.41. The van der Waals surface area contributed by atoms with Crippen LogP contribution in [0.3, 0.4) is 0 Å². The second kappa shape index (κ2) is 11.9. The highest BCUT2D eigenvalue weighted by Gasteiger charge is 2.31. The molecule has 0 radical (unpaired) electrons. The molecule has 0 bridgehead atoms. The third kappa shape index (κ3) is 5.42. The molecule has 0 fully saturated rings. The van der Waals surface area contributed by atoms with Gasteiger partial charge in [-0.1, -0.05) is 24.3 Å². The molecular weight excluding hydrogens is 639 g/mol. The molecule has 232 valence electrons. The molecule has 10 nitrogen and oxygen atoms in total. The molecule has 0 saturated carbocycles. The van der Waals surface area contributed by atoms with E-state index in [1.807, 2.05) is 0 Å². The Balaban J connectivity index is 1.48. The lowest BCUT2D eigenvalue weighted by Gasteiger charge is -2.11. The fourth-order valence-electron chi connectivity index (χ4n) is 4.86. The predicted octanol–water partition coefficient (Wildman–Crippen LogP) is 5.08. The second-order valence-corrected chi connectivity index (χ2v) is 13.6. The Hall–Kier alpha value is -5.31. The molecule has 2 aromatic carbocycles. The number of Topliss-reactive ketones (excluding diaryl/α,β-unsaturated/α-hetero) is 1. The molecule has 0 saturated heterocycles. The van der Waals surface area contributed by atoms with Crippen LogP contribution < -0.4 is 0 Å². The van der Waals surface area contributed by atoms with E-state index < -0.39 is 43.6 Å². The molecule has 0 amide bonds. The first-order chi connectivity index (χ1) is 22.0. The monoisotopic (exact) mass is 660 g/mol. The lowest BCUT2D eigenvalue weighted by atomic mass is 10.0. The van der Waals surface area contributed by atoms with E-state index in [4.69, 9.17) is 0 Å². The van der Waals surface area contributed by atoms with Gasteiger partial charge in [0, 0.05) is 59.4 Å². The van der Waals surface area contributed by atoms with Crippen LogP contribution in [0.25, 0.3) is 22.5 Å². The van der Waals surface area contributed by atoms with Crippen LogP contribution >= 0.6 is 0 Å². The summed E-state index contributed by atoms with van der Waals surface area (Å²) in [5.74, 6) is -2.56. The Morgan fingerprint density at radius 1 is 0.674 bits per heavy atom. The summed E-state index contributed by atoms with van der Waals surface area (Å²) in [4.78, 5) is 20.9. The van der Waals surface area contributed by atoms with E-state index in [1.165, 1.54) is 73.1 Å². The van der Waals surface area contributed by atoms with Gasteiger partial charge in [0.2, 0.25) is 0 Å². The van der Waals surface area contributed by atoms with Crippen molar-refractivity contribution in [3.63, 3.8) is 0 Å². The summed E-state index contributed by atoms with van der Waals surface area (Å²) in [5, 5.41) is 11.3. The Morgan fingerprint density at radius 3 is 1.63 bits per heavy atom. The van der Waals surface area contributed by atoms with E-state index in [-0.39, 0.29) is 43.4 Å². The highest BCUT2D eigenvalue weighted by molar-refractivity contribution is 7.90. The normalized spacial score (nSPS) is 12.6. The van der Waals surface area contributed by atoms with Crippen LogP contribution in [0.5, 0.6) is 0 Å². The summed E-state index contributed by atoms with van der Waals surface area (Å²) in [5.41, 5.74) is -1.22. The molecule has 6 rings (SSSR count). The number of aliphatic hydroxyl groups excluding tert-OH is 1. The van der Waals surface area contributed by atoms with Gasteiger partial charge in [-0.3, -0.25) is 14.8 Å². The minimum Gasteiger partial charge on any atom is -0.380 e. The van der Waals surface area contributed by atoms with E-state index in [0.29, 0.717) is 3.97 Å². The van der Waals surface area contributed by atoms with E-state index in [0.717, 1.165) is 53.0 Å². The number of carbonyl (C=O) groups excluding carboxylic acids is 1. The number of hydrogen-bond donors (Lipinski definition) is 1. The summed E-state index contributed by atoms with van der Waals surface area (Å²) in [6.07, 6.45) is 4.81. The van der Waals surface area contributed by atoms with Crippen molar-refractivity contribution in [1.29, 1.82) is 0 Å². The van der Waals surface area contributed by atoms with Crippen molar-refractivity contribution in [3.05, 3.63) is 145 Å². The van der Waals surface area contributed by atoms with Crippen LogP contribution in [-0.4, -0.2) is 45.6 Å². The third-order valence-electron chi connectivity index (χ3n) is 7.12. The molecule has 6 aromatic rings. The molecule has 0 aliphatic rings. The van der Waals surface area contributed by atoms with Gasteiger partial charge in [0.15, 0.2) is 5.78 Å². The molecule has 1 N–H and O–H groups in total. The van der Waals surface area contributed by atoms with Crippen LogP contribution in [0.1, 0.15) is 22.0 Å². The quantitative estimate of drug-likeness (QED) is 0.212. The maximum absolute atomic E-state index is 14.9. The van der Waals surface area contributed by atoms with Crippen LogP contribution in [-0.2, 0) is 20.0 Å². The predicted molar refractivity (Wildman–Crippen MR) is 163 cm³/mol. The van der Waals surface area contributed by atoms with E-state index in [2.05, 4.69) is 9.97 Å². The molecule has 0 aliphatic carbocycles. The van der Waals surface area contributed by atoms with Crippen molar-refractivity contribution >= 4 is 25.8 Å². The van der Waals surface area contributed by atoms with Crippen LogP contribution in [0.2, 0.25) is 0 Å². The molecule has 1 unspecified atom stereocenters. The summed E-state index contributed by atoms with van der Waals surface area (Å²) in [6.45, 7) is 0. The standard InChI is InChI=1S/C32H22F2N4O6S2/c33-27-11-3-1-9-25(27)29-15-21(19-37(29)45(41,42)23-7-5-13-35-17-23)31(39)32(40)22-16-30(26-10-2-4-12-28(26)34)38(20-22)46(43,44)24-8-6-14-36-18-24/h1-20,31,39H. The Morgan fingerprint density at radius 2 is 1.15 bits per heavy atom. The van der Waals surface area contributed by atoms with Gasteiger partial charge in [-0.25, -0.2) is 33.6 Å². The van der Waals surface area contributed by atoms with Gasteiger partial charge in [-0.15, -0.1) is 0 Å². The summed E-state index contributed by atoms with van der Waals surface area (Å²) < 4.78 is 85.8. The zero-order valence-electron chi connectivity index (χ0n) is 23.5. The molecule has 4 aromatic heterocycles. The highest BCUT2D eigenvalue weighted by atomic mass is 32.2. The van der Waals surface area contributed by atoms with Gasteiger partial charge in [0.25, 0.3) is 20.0 Å². The third-order valence-corrected chi connectivity index (χ3v) is 10.4. The summed E-state index contributed by atoms with van der Waals surface area (Å²) in [6, 6.07) is 18.3. The Kier molecular flexibility index (Phi) is 7.94. The number of hydrogen-bond acceptors (Lipinski definition) is 8. The van der Waals surface area contributed by atoms with Gasteiger partial charge in [0.1, 0.15) is 27.5 Å². The van der Waals surface area contributed by atoms with Gasteiger partial charge in [-0.05, 0) is 60.7 Å². The molecule has 1 atom stereocenters. The number of ketones is 1. The van der Waals surface area contributed by atoms with E-state index in [1.54, 1.807) is 0 Å². The number of halogens is 2. The first kappa shape index (κ1) is 30.7. The van der Waals surface area contributed by atoms with Crippen molar-refractivity contribution < 1.29 is 35.5 Å². The van der Waals surface area contributed by atoms with Crippen LogP contribution in [0, 0.1) is 11.6 Å². The summed E-state index contributed by atoms with van der Waals surface area (Å²) in [7, 11) is -8.81. The smallest absolute Gasteiger partial charge is 0.269 e. The van der Waals surface area contributed by atoms with Crippen LogP contribution in [0.4, 0.5) is 8.78 Å². The first-order valence-corrected chi connectivity index (χ1v) is 16.4. The average molecular weight is 661 g/mol. The molecular formula is C32H22F2N4O6S2. The van der Waals surface area contributed by atoms with Gasteiger partial charge >= 0.3 is 0 Å². The van der Waals surface area contributed by atoms with Gasteiger partial charge < -0.3 is 5.11 Å². The zero-order chi connectivity index (χ0) is 32.6. The van der Waals surface area contributed by atoms with Crippen molar-refractivity contribution in [2.75, 3.05) is 0 Å². The van der Waals surface area contributed by atoms with Crippen molar-refractivity contribution in [3.8, 4) is 22.5 Å². The molecule has 14 heteroatoms. The fraction of sp³-hybridized carbons (Fsp3) is 0.0312. The minimum absolute atomic E-state index is 0.128. The average Bonchev–Trinajstić information content (AvgIpc) is 3.72. The maximum atomic E-state index is 14.9. The summed E-state index contributed by atoms with van der Waals surface area (Å²) >= 11 is 0. The largest absolute Gasteiger partial charge is 0.380 e. The zero-order valence-corrected chi connectivity index (χ0v) is 25.1. The van der Waals surface area contributed by atoms with E-state index in [9.17, 15) is 35.5 Å². The van der Waals surface area contributed by atoms with Gasteiger partial charge in [0.05, 0.1) is 11.4 Å². The Labute approximate surface area is 262 Å². The Bertz CT molecular complexity index is 2310. The highest BCUT2D eigenvalue weighted by Crippen LogP contribution is 2.34. The first-order valence-electron chi connectivity index (χ1n) is 13.5. The number of aromatic nitrogens is 4. The molecule has 0 aliphatic heterocycles. The lowest BCUT2D eigenvalue weighted by Crippen LogP contribution is -2.15. The second-order valence-electron chi connectivity index (χ2n) is 9.98. The SMILES string of the molecule is O=C(c1cc(-c2ccccc2F)n(S(=O)(=O)c2cccnc2)c1)C(O)c1cc(-c2ccccc2F)n(S(=O)(=O)c2cccnc2)c1. The molecule has 46 heavy (non-hydrogen) atoms. The number of nitrogens with zero attached hydrogens (tertiary/aromatic N) is 4. The number of benzene rings is 2. The number of aliphatic hydroxyl groups is 1. The van der Waals surface area contributed by atoms with Crippen LogP contribution in [0.15, 0.2) is 132 Å². The number of carbonyl (C=O) groups is 1. The topological polar surface area (TPSA) is 141 Å². The molecule has 4 heterocycles. The number of rotatable bonds is 9. The lowest BCUT2D eigenvalue weighted by molar-refractivity contribution is 0.0748. The van der Waals surface area contributed by atoms with Gasteiger partial charge in [-0.2, -0.15) is 0 Å². The number of pyridine rings is 2. The molecule has 0 spiro atoms.